The highest BCUT2D eigenvalue weighted by Gasteiger charge is 2.14. The molecule has 1 aromatic carbocycles. The molecule has 5 heteroatoms. The van der Waals surface area contributed by atoms with Crippen LogP contribution in [0.1, 0.15) is 6.92 Å². The third-order valence-electron chi connectivity index (χ3n) is 2.41. The van der Waals surface area contributed by atoms with Crippen molar-refractivity contribution in [1.82, 2.24) is 9.97 Å². The summed E-state index contributed by atoms with van der Waals surface area (Å²) >= 11 is 0. The Morgan fingerprint density at radius 2 is 2.06 bits per heavy atom. The van der Waals surface area contributed by atoms with Crippen molar-refractivity contribution in [2.75, 3.05) is 19.8 Å². The molecule has 2 aromatic rings. The number of rotatable bonds is 2. The monoisotopic (exact) mass is 220 g/mol. The van der Waals surface area contributed by atoms with E-state index < -0.39 is 0 Å². The Morgan fingerprint density at radius 1 is 1.31 bits per heavy atom. The highest BCUT2D eigenvalue weighted by Crippen LogP contribution is 2.34. The normalized spacial score (nSPS) is 14.1. The fourth-order valence-electron chi connectivity index (χ4n) is 1.73. The molecule has 0 aliphatic carbocycles. The molecule has 0 saturated carbocycles. The maximum Gasteiger partial charge on any atom is 0.294 e. The molecule has 0 atom stereocenters. The summed E-state index contributed by atoms with van der Waals surface area (Å²) in [6.07, 6.45) is 0. The molecular weight excluding hydrogens is 208 g/mol. The average Bonchev–Trinajstić information content (AvgIpc) is 2.67. The van der Waals surface area contributed by atoms with Crippen molar-refractivity contribution in [2.24, 2.45) is 0 Å². The summed E-state index contributed by atoms with van der Waals surface area (Å²) in [5.74, 6) is 1.50. The first kappa shape index (κ1) is 9.33. The van der Waals surface area contributed by atoms with Crippen molar-refractivity contribution < 1.29 is 14.2 Å². The van der Waals surface area contributed by atoms with Gasteiger partial charge in [-0.05, 0) is 6.92 Å². The van der Waals surface area contributed by atoms with Gasteiger partial charge in [-0.25, -0.2) is 0 Å². The molecule has 2 heterocycles. The number of fused-ring (bicyclic) bond motifs is 2. The molecule has 1 N–H and O–H groups in total. The van der Waals surface area contributed by atoms with E-state index in [2.05, 4.69) is 9.97 Å². The number of aromatic nitrogens is 2. The van der Waals surface area contributed by atoms with E-state index in [1.807, 2.05) is 19.1 Å². The van der Waals surface area contributed by atoms with Crippen molar-refractivity contribution in [1.29, 1.82) is 0 Å². The lowest BCUT2D eigenvalue weighted by molar-refractivity contribution is 0.172. The number of aromatic amines is 1. The summed E-state index contributed by atoms with van der Waals surface area (Å²) in [7, 11) is 0. The molecule has 1 aliphatic heterocycles. The Morgan fingerprint density at radius 3 is 2.81 bits per heavy atom. The molecule has 0 bridgehead atoms. The van der Waals surface area contributed by atoms with Gasteiger partial charge in [0.05, 0.1) is 17.6 Å². The van der Waals surface area contributed by atoms with Crippen LogP contribution in [0.4, 0.5) is 0 Å². The quantitative estimate of drug-likeness (QED) is 0.837. The van der Waals surface area contributed by atoms with E-state index in [9.17, 15) is 0 Å². The standard InChI is InChI=1S/C11H12N2O3/c1-2-14-11-12-7-5-9-10(6-8(7)13-11)16-4-3-15-9/h5-6H,2-4H2,1H3,(H,12,13). The molecule has 1 aliphatic rings. The number of imidazole rings is 1. The minimum atomic E-state index is 0.528. The zero-order valence-corrected chi connectivity index (χ0v) is 8.95. The van der Waals surface area contributed by atoms with Crippen LogP contribution in [0.25, 0.3) is 11.0 Å². The number of ether oxygens (including phenoxy) is 3. The summed E-state index contributed by atoms with van der Waals surface area (Å²) in [5, 5.41) is 0. The van der Waals surface area contributed by atoms with E-state index in [1.165, 1.54) is 0 Å². The van der Waals surface area contributed by atoms with Crippen molar-refractivity contribution >= 4 is 11.0 Å². The maximum absolute atomic E-state index is 5.49. The first-order valence-corrected chi connectivity index (χ1v) is 5.29. The van der Waals surface area contributed by atoms with E-state index in [4.69, 9.17) is 14.2 Å². The molecule has 1 aromatic heterocycles. The summed E-state index contributed by atoms with van der Waals surface area (Å²) in [6.45, 7) is 3.68. The molecule has 84 valence electrons. The van der Waals surface area contributed by atoms with E-state index in [0.29, 0.717) is 25.8 Å². The lowest BCUT2D eigenvalue weighted by Gasteiger charge is -2.17. The van der Waals surface area contributed by atoms with Gasteiger partial charge in [0.1, 0.15) is 13.2 Å². The summed E-state index contributed by atoms with van der Waals surface area (Å²) in [6, 6.07) is 4.28. The van der Waals surface area contributed by atoms with Gasteiger partial charge in [-0.15, -0.1) is 0 Å². The van der Waals surface area contributed by atoms with Gasteiger partial charge in [0.2, 0.25) is 0 Å². The fraction of sp³-hybridized carbons (Fsp3) is 0.364. The van der Waals surface area contributed by atoms with Crippen LogP contribution in [0.2, 0.25) is 0 Å². The summed E-state index contributed by atoms with van der Waals surface area (Å²) < 4.78 is 16.3. The predicted octanol–water partition coefficient (Wildman–Crippen LogP) is 1.73. The smallest absolute Gasteiger partial charge is 0.294 e. The molecule has 5 nitrogen and oxygen atoms in total. The van der Waals surface area contributed by atoms with Gasteiger partial charge < -0.3 is 19.2 Å². The lowest BCUT2D eigenvalue weighted by Crippen LogP contribution is -2.15. The highest BCUT2D eigenvalue weighted by molar-refractivity contribution is 5.80. The zero-order chi connectivity index (χ0) is 11.0. The second-order valence-corrected chi connectivity index (χ2v) is 3.49. The van der Waals surface area contributed by atoms with Crippen molar-refractivity contribution in [3.8, 4) is 17.5 Å². The number of H-pyrrole nitrogens is 1. The number of benzene rings is 1. The second kappa shape index (κ2) is 3.59. The minimum absolute atomic E-state index is 0.528. The largest absolute Gasteiger partial charge is 0.486 e. The molecule has 0 amide bonds. The Hall–Kier alpha value is -1.91. The third-order valence-corrected chi connectivity index (χ3v) is 2.41. The molecular formula is C11H12N2O3. The average molecular weight is 220 g/mol. The summed E-state index contributed by atoms with van der Waals surface area (Å²) in [5.41, 5.74) is 1.72. The van der Waals surface area contributed by atoms with Crippen LogP contribution in [0.5, 0.6) is 17.5 Å². The molecule has 0 saturated heterocycles. The first-order chi connectivity index (χ1) is 7.86. The first-order valence-electron chi connectivity index (χ1n) is 5.29. The van der Waals surface area contributed by atoms with Gasteiger partial charge in [-0.1, -0.05) is 0 Å². The molecule has 16 heavy (non-hydrogen) atoms. The van der Waals surface area contributed by atoms with E-state index in [-0.39, 0.29) is 0 Å². The van der Waals surface area contributed by atoms with Gasteiger partial charge >= 0.3 is 0 Å². The van der Waals surface area contributed by atoms with Crippen LogP contribution >= 0.6 is 0 Å². The van der Waals surface area contributed by atoms with E-state index in [1.54, 1.807) is 0 Å². The van der Waals surface area contributed by atoms with Crippen LogP contribution in [0.3, 0.4) is 0 Å². The van der Waals surface area contributed by atoms with E-state index in [0.717, 1.165) is 22.5 Å². The van der Waals surface area contributed by atoms with Crippen molar-refractivity contribution in [2.45, 2.75) is 6.92 Å². The summed E-state index contributed by atoms with van der Waals surface area (Å²) in [4.78, 5) is 7.37. The van der Waals surface area contributed by atoms with Gasteiger partial charge in [-0.3, -0.25) is 0 Å². The molecule has 0 unspecified atom stereocenters. The topological polar surface area (TPSA) is 56.4 Å². The Kier molecular flexibility index (Phi) is 2.09. The molecule has 0 spiro atoms. The lowest BCUT2D eigenvalue weighted by atomic mass is 10.2. The van der Waals surface area contributed by atoms with Crippen LogP contribution in [-0.4, -0.2) is 29.8 Å². The highest BCUT2D eigenvalue weighted by atomic mass is 16.6. The van der Waals surface area contributed by atoms with Gasteiger partial charge in [0.25, 0.3) is 6.01 Å². The Bertz CT molecular complexity index is 478. The number of hydrogen-bond acceptors (Lipinski definition) is 4. The van der Waals surface area contributed by atoms with Crippen LogP contribution in [0.15, 0.2) is 12.1 Å². The Balaban J connectivity index is 2.09. The van der Waals surface area contributed by atoms with Crippen LogP contribution in [0, 0.1) is 0 Å². The number of nitrogens with one attached hydrogen (secondary N) is 1. The predicted molar refractivity (Wildman–Crippen MR) is 58.3 cm³/mol. The zero-order valence-electron chi connectivity index (χ0n) is 8.95. The number of nitrogens with zero attached hydrogens (tertiary/aromatic N) is 1. The van der Waals surface area contributed by atoms with Crippen molar-refractivity contribution in [3.05, 3.63) is 12.1 Å². The minimum Gasteiger partial charge on any atom is -0.486 e. The van der Waals surface area contributed by atoms with Gasteiger partial charge in [0, 0.05) is 12.1 Å². The molecule has 0 radical (unpaired) electrons. The molecule has 0 fully saturated rings. The van der Waals surface area contributed by atoms with E-state index >= 15 is 0 Å². The Labute approximate surface area is 92.3 Å². The van der Waals surface area contributed by atoms with Crippen LogP contribution in [-0.2, 0) is 0 Å². The fourth-order valence-corrected chi connectivity index (χ4v) is 1.73. The van der Waals surface area contributed by atoms with Gasteiger partial charge in [0.15, 0.2) is 11.5 Å². The van der Waals surface area contributed by atoms with Crippen molar-refractivity contribution in [3.63, 3.8) is 0 Å². The number of hydrogen-bond donors (Lipinski definition) is 1. The second-order valence-electron chi connectivity index (χ2n) is 3.49. The molecule has 3 rings (SSSR count). The van der Waals surface area contributed by atoms with Gasteiger partial charge in [-0.2, -0.15) is 4.98 Å². The van der Waals surface area contributed by atoms with Crippen LogP contribution < -0.4 is 14.2 Å². The third kappa shape index (κ3) is 1.44. The SMILES string of the molecule is CCOc1nc2cc3c(cc2[nH]1)OCCO3. The maximum atomic E-state index is 5.49.